The van der Waals surface area contributed by atoms with Crippen LogP contribution in [-0.2, 0) is 13.0 Å². The lowest BCUT2D eigenvalue weighted by atomic mass is 9.99. The lowest BCUT2D eigenvalue weighted by Crippen LogP contribution is -2.35. The van der Waals surface area contributed by atoms with E-state index in [0.29, 0.717) is 17.1 Å². The predicted molar refractivity (Wildman–Crippen MR) is 95.0 cm³/mol. The van der Waals surface area contributed by atoms with Gasteiger partial charge in [-0.2, -0.15) is 0 Å². The Kier molecular flexibility index (Phi) is 3.86. The van der Waals surface area contributed by atoms with Crippen molar-refractivity contribution >= 4 is 17.4 Å². The second-order valence-corrected chi connectivity index (χ2v) is 6.82. The Morgan fingerprint density at radius 1 is 1.08 bits per heavy atom. The number of amides is 1. The highest BCUT2D eigenvalue weighted by molar-refractivity contribution is 7.08. The van der Waals surface area contributed by atoms with Crippen LogP contribution in [0.5, 0.6) is 0 Å². The minimum Gasteiger partial charge on any atom is -0.333 e. The van der Waals surface area contributed by atoms with Gasteiger partial charge in [-0.15, -0.1) is 5.10 Å². The molecule has 1 aliphatic rings. The molecule has 1 amide bonds. The van der Waals surface area contributed by atoms with Crippen LogP contribution in [0.3, 0.4) is 0 Å². The van der Waals surface area contributed by atoms with Crippen LogP contribution in [-0.4, -0.2) is 26.9 Å². The molecule has 24 heavy (non-hydrogen) atoms. The molecule has 0 radical (unpaired) electrons. The standard InChI is InChI=1S/C19H17N3OS/c1-13-6-8-15(9-7-13)17-18(24-21-20-17)19(23)22-11-10-14-4-2-3-5-16(14)12-22/h2-9H,10-12H2,1H3. The van der Waals surface area contributed by atoms with Crippen molar-refractivity contribution in [3.05, 3.63) is 70.1 Å². The van der Waals surface area contributed by atoms with Gasteiger partial charge in [0.1, 0.15) is 10.6 Å². The summed E-state index contributed by atoms with van der Waals surface area (Å²) in [5.74, 6) is 0.0232. The summed E-state index contributed by atoms with van der Waals surface area (Å²) in [6.07, 6.45) is 0.897. The van der Waals surface area contributed by atoms with Gasteiger partial charge in [0.05, 0.1) is 0 Å². The highest BCUT2D eigenvalue weighted by atomic mass is 32.1. The first kappa shape index (κ1) is 15.0. The summed E-state index contributed by atoms with van der Waals surface area (Å²) in [6.45, 7) is 3.43. The highest BCUT2D eigenvalue weighted by Gasteiger charge is 2.26. The Bertz CT molecular complexity index is 886. The molecule has 0 N–H and O–H groups in total. The Labute approximate surface area is 144 Å². The molecule has 4 nitrogen and oxygen atoms in total. The molecule has 2 heterocycles. The molecule has 2 aromatic carbocycles. The van der Waals surface area contributed by atoms with E-state index in [4.69, 9.17) is 0 Å². The van der Waals surface area contributed by atoms with E-state index in [2.05, 4.69) is 27.8 Å². The van der Waals surface area contributed by atoms with E-state index in [0.717, 1.165) is 18.5 Å². The third kappa shape index (κ3) is 2.71. The van der Waals surface area contributed by atoms with E-state index in [-0.39, 0.29) is 5.91 Å². The lowest BCUT2D eigenvalue weighted by molar-refractivity contribution is 0.0740. The van der Waals surface area contributed by atoms with Crippen molar-refractivity contribution in [3.63, 3.8) is 0 Å². The third-order valence-corrected chi connectivity index (χ3v) is 5.14. The number of carbonyl (C=O) groups excluding carboxylic acids is 1. The lowest BCUT2D eigenvalue weighted by Gasteiger charge is -2.28. The zero-order valence-corrected chi connectivity index (χ0v) is 14.2. The topological polar surface area (TPSA) is 46.1 Å². The number of nitrogens with zero attached hydrogens (tertiary/aromatic N) is 3. The van der Waals surface area contributed by atoms with Gasteiger partial charge in [-0.05, 0) is 36.0 Å². The van der Waals surface area contributed by atoms with Gasteiger partial charge in [0.15, 0.2) is 0 Å². The maximum Gasteiger partial charge on any atom is 0.268 e. The number of aryl methyl sites for hydroxylation is 1. The van der Waals surface area contributed by atoms with Gasteiger partial charge in [-0.25, -0.2) is 0 Å². The van der Waals surface area contributed by atoms with Crippen LogP contribution in [0, 0.1) is 6.92 Å². The van der Waals surface area contributed by atoms with E-state index in [1.54, 1.807) is 0 Å². The molecule has 120 valence electrons. The van der Waals surface area contributed by atoms with Gasteiger partial charge < -0.3 is 4.90 Å². The summed E-state index contributed by atoms with van der Waals surface area (Å²) in [5.41, 5.74) is 5.37. The number of hydrogen-bond donors (Lipinski definition) is 0. The molecule has 4 rings (SSSR count). The molecule has 1 aliphatic heterocycles. The van der Waals surface area contributed by atoms with Crippen LogP contribution in [0.1, 0.15) is 26.4 Å². The molecule has 0 atom stereocenters. The fourth-order valence-electron chi connectivity index (χ4n) is 3.04. The fraction of sp³-hybridized carbons (Fsp3) is 0.211. The largest absolute Gasteiger partial charge is 0.333 e. The third-order valence-electron chi connectivity index (χ3n) is 4.43. The van der Waals surface area contributed by atoms with Gasteiger partial charge in [0.2, 0.25) is 0 Å². The molecular formula is C19H17N3OS. The average molecular weight is 335 g/mol. The van der Waals surface area contributed by atoms with Gasteiger partial charge in [-0.1, -0.05) is 58.6 Å². The van der Waals surface area contributed by atoms with Crippen molar-refractivity contribution in [2.24, 2.45) is 0 Å². The molecule has 0 aliphatic carbocycles. The summed E-state index contributed by atoms with van der Waals surface area (Å²) in [5, 5.41) is 4.20. The first-order valence-electron chi connectivity index (χ1n) is 7.98. The number of hydrogen-bond acceptors (Lipinski definition) is 4. The van der Waals surface area contributed by atoms with Gasteiger partial charge in [0, 0.05) is 18.7 Å². The van der Waals surface area contributed by atoms with Crippen LogP contribution >= 0.6 is 11.5 Å². The number of carbonyl (C=O) groups is 1. The number of fused-ring (bicyclic) bond motifs is 1. The van der Waals surface area contributed by atoms with E-state index < -0.39 is 0 Å². The quantitative estimate of drug-likeness (QED) is 0.717. The molecule has 3 aromatic rings. The summed E-state index contributed by atoms with van der Waals surface area (Å²) < 4.78 is 4.03. The van der Waals surface area contributed by atoms with Crippen molar-refractivity contribution in [1.82, 2.24) is 14.5 Å². The maximum absolute atomic E-state index is 13.0. The second-order valence-electron chi connectivity index (χ2n) is 6.06. The van der Waals surface area contributed by atoms with Crippen molar-refractivity contribution in [1.29, 1.82) is 0 Å². The molecule has 0 bridgehead atoms. The Morgan fingerprint density at radius 2 is 1.83 bits per heavy atom. The predicted octanol–water partition coefficient (Wildman–Crippen LogP) is 3.71. The van der Waals surface area contributed by atoms with Gasteiger partial charge in [-0.3, -0.25) is 4.79 Å². The molecule has 1 aromatic heterocycles. The van der Waals surface area contributed by atoms with Gasteiger partial charge in [0.25, 0.3) is 5.91 Å². The molecule has 0 saturated heterocycles. The van der Waals surface area contributed by atoms with Crippen molar-refractivity contribution in [2.45, 2.75) is 19.9 Å². The zero-order chi connectivity index (χ0) is 16.5. The Morgan fingerprint density at radius 3 is 2.62 bits per heavy atom. The van der Waals surface area contributed by atoms with E-state index >= 15 is 0 Å². The molecule has 0 fully saturated rings. The van der Waals surface area contributed by atoms with Crippen molar-refractivity contribution < 1.29 is 4.79 Å². The number of aromatic nitrogens is 2. The minimum absolute atomic E-state index is 0.0232. The van der Waals surface area contributed by atoms with Crippen LogP contribution in [0.25, 0.3) is 11.3 Å². The van der Waals surface area contributed by atoms with Crippen LogP contribution in [0.15, 0.2) is 48.5 Å². The summed E-state index contributed by atoms with van der Waals surface area (Å²) in [6, 6.07) is 16.4. The molecule has 0 spiro atoms. The average Bonchev–Trinajstić information content (AvgIpc) is 3.11. The summed E-state index contributed by atoms with van der Waals surface area (Å²) >= 11 is 1.18. The monoisotopic (exact) mass is 335 g/mol. The van der Waals surface area contributed by atoms with Crippen LogP contribution < -0.4 is 0 Å². The summed E-state index contributed by atoms with van der Waals surface area (Å²) in [7, 11) is 0. The maximum atomic E-state index is 13.0. The normalized spacial score (nSPS) is 13.6. The molecule has 5 heteroatoms. The second kappa shape index (κ2) is 6.17. The first-order chi connectivity index (χ1) is 11.7. The minimum atomic E-state index is 0.0232. The van der Waals surface area contributed by atoms with Crippen LogP contribution in [0.4, 0.5) is 0 Å². The Hall–Kier alpha value is -2.53. The van der Waals surface area contributed by atoms with Crippen molar-refractivity contribution in [3.8, 4) is 11.3 Å². The fourth-order valence-corrected chi connectivity index (χ4v) is 3.70. The molecule has 0 saturated carbocycles. The van der Waals surface area contributed by atoms with E-state index in [1.165, 1.54) is 28.2 Å². The summed E-state index contributed by atoms with van der Waals surface area (Å²) in [4.78, 5) is 15.5. The smallest absolute Gasteiger partial charge is 0.268 e. The SMILES string of the molecule is Cc1ccc(-c2nnsc2C(=O)N2CCc3ccccc3C2)cc1. The molecule has 0 unspecified atom stereocenters. The number of benzene rings is 2. The Balaban J connectivity index is 1.62. The zero-order valence-electron chi connectivity index (χ0n) is 13.4. The van der Waals surface area contributed by atoms with Gasteiger partial charge >= 0.3 is 0 Å². The van der Waals surface area contributed by atoms with E-state index in [1.807, 2.05) is 42.2 Å². The number of rotatable bonds is 2. The van der Waals surface area contributed by atoms with E-state index in [9.17, 15) is 4.79 Å². The first-order valence-corrected chi connectivity index (χ1v) is 8.75. The van der Waals surface area contributed by atoms with Crippen LogP contribution in [0.2, 0.25) is 0 Å². The van der Waals surface area contributed by atoms with Crippen molar-refractivity contribution in [2.75, 3.05) is 6.54 Å². The highest BCUT2D eigenvalue weighted by Crippen LogP contribution is 2.27. The molecular weight excluding hydrogens is 318 g/mol.